The quantitative estimate of drug-likeness (QED) is 0.452. The van der Waals surface area contributed by atoms with Crippen LogP contribution < -0.4 is 0 Å². The van der Waals surface area contributed by atoms with Gasteiger partial charge in [-0.2, -0.15) is 0 Å². The van der Waals surface area contributed by atoms with E-state index >= 15 is 0 Å². The van der Waals surface area contributed by atoms with Crippen LogP contribution in [0.3, 0.4) is 0 Å². The van der Waals surface area contributed by atoms with Gasteiger partial charge in [0.15, 0.2) is 0 Å². The van der Waals surface area contributed by atoms with E-state index in [9.17, 15) is 9.59 Å². The zero-order valence-electron chi connectivity index (χ0n) is 8.84. The number of carboxylic acids is 2. The summed E-state index contributed by atoms with van der Waals surface area (Å²) in [7, 11) is 0. The SMILES string of the molecule is N=C=O.N=C=O.O=C(O)c1ccccc1C(=O)O. The van der Waals surface area contributed by atoms with Gasteiger partial charge in [0.25, 0.3) is 0 Å². The smallest absolute Gasteiger partial charge is 0.336 e. The second-order valence-electron chi connectivity index (χ2n) is 2.36. The molecule has 8 heteroatoms. The van der Waals surface area contributed by atoms with Crippen molar-refractivity contribution < 1.29 is 29.4 Å². The molecule has 0 aliphatic heterocycles. The minimum absolute atomic E-state index is 0.190. The van der Waals surface area contributed by atoms with Gasteiger partial charge in [-0.05, 0) is 12.1 Å². The molecule has 0 atom stereocenters. The van der Waals surface area contributed by atoms with Crippen LogP contribution in [0.2, 0.25) is 0 Å². The van der Waals surface area contributed by atoms with E-state index in [0.717, 1.165) is 12.2 Å². The monoisotopic (exact) mass is 252 g/mol. The van der Waals surface area contributed by atoms with Gasteiger partial charge in [-0.15, -0.1) is 0 Å². The van der Waals surface area contributed by atoms with Gasteiger partial charge in [-0.1, -0.05) is 12.1 Å². The number of nitrogens with one attached hydrogen (secondary N) is 2. The number of isocyanates is 2. The molecule has 1 rings (SSSR count). The predicted molar refractivity (Wildman–Crippen MR) is 57.2 cm³/mol. The highest BCUT2D eigenvalue weighted by Gasteiger charge is 2.13. The Morgan fingerprint density at radius 3 is 1.28 bits per heavy atom. The third kappa shape index (κ3) is 7.24. The average Bonchev–Trinajstić information content (AvgIpc) is 2.31. The molecule has 0 aromatic heterocycles. The first-order valence-corrected chi connectivity index (χ1v) is 4.09. The van der Waals surface area contributed by atoms with E-state index in [-0.39, 0.29) is 11.1 Å². The Labute approximate surface area is 101 Å². The fraction of sp³-hybridized carbons (Fsp3) is 0. The van der Waals surface area contributed by atoms with Crippen molar-refractivity contribution in [2.24, 2.45) is 0 Å². The molecule has 0 saturated heterocycles. The van der Waals surface area contributed by atoms with Crippen molar-refractivity contribution in [1.82, 2.24) is 0 Å². The highest BCUT2D eigenvalue weighted by Crippen LogP contribution is 2.07. The number of hydrogen-bond acceptors (Lipinski definition) is 6. The van der Waals surface area contributed by atoms with Crippen molar-refractivity contribution in [2.45, 2.75) is 0 Å². The summed E-state index contributed by atoms with van der Waals surface area (Å²) >= 11 is 0. The molecular weight excluding hydrogens is 244 g/mol. The standard InChI is InChI=1S/C8H6O4.2CHNO/c9-7(10)5-3-1-2-4-6(5)8(11)12;2*2-1-3/h1-4H,(H,9,10)(H,11,12);2*2H. The van der Waals surface area contributed by atoms with Gasteiger partial charge in [0.05, 0.1) is 11.1 Å². The van der Waals surface area contributed by atoms with E-state index in [2.05, 4.69) is 0 Å². The van der Waals surface area contributed by atoms with Gasteiger partial charge in [-0.3, -0.25) is 0 Å². The lowest BCUT2D eigenvalue weighted by Crippen LogP contribution is -2.06. The number of carbonyl (C=O) groups is 2. The van der Waals surface area contributed by atoms with Crippen LogP contribution in [-0.4, -0.2) is 34.3 Å². The third-order valence-corrected chi connectivity index (χ3v) is 1.39. The molecule has 1 aromatic carbocycles. The summed E-state index contributed by atoms with van der Waals surface area (Å²) in [6, 6.07) is 5.48. The molecule has 0 unspecified atom stereocenters. The molecule has 0 amide bonds. The number of carboxylic acid groups (broad SMARTS) is 2. The minimum Gasteiger partial charge on any atom is -0.478 e. The summed E-state index contributed by atoms with van der Waals surface area (Å²) in [5, 5.41) is 27.9. The van der Waals surface area contributed by atoms with Crippen LogP contribution in [0.25, 0.3) is 0 Å². The molecule has 0 aliphatic rings. The number of rotatable bonds is 2. The zero-order valence-corrected chi connectivity index (χ0v) is 8.84. The van der Waals surface area contributed by atoms with Crippen LogP contribution in [0.4, 0.5) is 0 Å². The Hall–Kier alpha value is -3.08. The van der Waals surface area contributed by atoms with Crippen molar-refractivity contribution in [3.8, 4) is 0 Å². The van der Waals surface area contributed by atoms with Gasteiger partial charge in [0.2, 0.25) is 12.2 Å². The Morgan fingerprint density at radius 2 is 1.11 bits per heavy atom. The van der Waals surface area contributed by atoms with Crippen LogP contribution in [0, 0.1) is 10.8 Å². The molecule has 94 valence electrons. The molecule has 0 bridgehead atoms. The van der Waals surface area contributed by atoms with Crippen molar-refractivity contribution in [3.63, 3.8) is 0 Å². The van der Waals surface area contributed by atoms with Crippen molar-refractivity contribution in [2.75, 3.05) is 0 Å². The molecule has 0 spiro atoms. The summed E-state index contributed by atoms with van der Waals surface area (Å²) < 4.78 is 0. The Morgan fingerprint density at radius 1 is 0.889 bits per heavy atom. The van der Waals surface area contributed by atoms with E-state index in [0.29, 0.717) is 0 Å². The van der Waals surface area contributed by atoms with Crippen LogP contribution >= 0.6 is 0 Å². The molecule has 0 aliphatic carbocycles. The maximum Gasteiger partial charge on any atom is 0.336 e. The zero-order chi connectivity index (χ0) is 14.6. The number of hydrogen-bond donors (Lipinski definition) is 4. The first-order valence-electron chi connectivity index (χ1n) is 4.09. The van der Waals surface area contributed by atoms with Crippen LogP contribution in [0.5, 0.6) is 0 Å². The lowest BCUT2D eigenvalue weighted by Gasteiger charge is -1.98. The molecule has 0 fully saturated rings. The third-order valence-electron chi connectivity index (χ3n) is 1.39. The molecule has 0 heterocycles. The predicted octanol–water partition coefficient (Wildman–Crippen LogP) is 0.885. The maximum atomic E-state index is 10.5. The molecular formula is C10H8N2O6. The Balaban J connectivity index is 0. The molecule has 18 heavy (non-hydrogen) atoms. The Bertz CT molecular complexity index is 440. The van der Waals surface area contributed by atoms with Crippen molar-refractivity contribution in [3.05, 3.63) is 35.4 Å². The fourth-order valence-corrected chi connectivity index (χ4v) is 0.856. The first-order chi connectivity index (χ1) is 8.45. The van der Waals surface area contributed by atoms with E-state index in [1.54, 1.807) is 0 Å². The number of aromatic carboxylic acids is 2. The van der Waals surface area contributed by atoms with E-state index in [1.807, 2.05) is 0 Å². The first kappa shape index (κ1) is 17.3. The molecule has 8 nitrogen and oxygen atoms in total. The van der Waals surface area contributed by atoms with Gasteiger partial charge >= 0.3 is 11.9 Å². The largest absolute Gasteiger partial charge is 0.478 e. The van der Waals surface area contributed by atoms with Crippen LogP contribution in [0.15, 0.2) is 24.3 Å². The topological polar surface area (TPSA) is 156 Å². The summed E-state index contributed by atoms with van der Waals surface area (Å²) in [6.07, 6.45) is 1.50. The summed E-state index contributed by atoms with van der Waals surface area (Å²) in [6.45, 7) is 0. The highest BCUT2D eigenvalue weighted by atomic mass is 16.4. The maximum absolute atomic E-state index is 10.5. The number of carbonyl (C=O) groups excluding carboxylic acids is 2. The van der Waals surface area contributed by atoms with E-state index in [4.69, 9.17) is 30.6 Å². The summed E-state index contributed by atoms with van der Waals surface area (Å²) in [4.78, 5) is 37.6. The fourth-order valence-electron chi connectivity index (χ4n) is 0.856. The lowest BCUT2D eigenvalue weighted by molar-refractivity contribution is 0.0651. The lowest BCUT2D eigenvalue weighted by atomic mass is 10.1. The minimum atomic E-state index is -1.23. The van der Waals surface area contributed by atoms with Crippen LogP contribution in [0.1, 0.15) is 20.7 Å². The number of benzene rings is 1. The molecule has 1 aromatic rings. The average molecular weight is 252 g/mol. The van der Waals surface area contributed by atoms with Gasteiger partial charge in [0, 0.05) is 0 Å². The summed E-state index contributed by atoms with van der Waals surface area (Å²) in [5.41, 5.74) is -0.380. The molecule has 0 saturated carbocycles. The van der Waals surface area contributed by atoms with Crippen LogP contribution in [-0.2, 0) is 9.59 Å². The second-order valence-corrected chi connectivity index (χ2v) is 2.36. The summed E-state index contributed by atoms with van der Waals surface area (Å²) in [5.74, 6) is -2.46. The highest BCUT2D eigenvalue weighted by molar-refractivity contribution is 6.01. The van der Waals surface area contributed by atoms with Gasteiger partial charge in [0.1, 0.15) is 0 Å². The molecule has 0 radical (unpaired) electrons. The Kier molecular flexibility index (Phi) is 10.0. The van der Waals surface area contributed by atoms with E-state index in [1.165, 1.54) is 24.3 Å². The van der Waals surface area contributed by atoms with Gasteiger partial charge in [-0.25, -0.2) is 30.0 Å². The van der Waals surface area contributed by atoms with Gasteiger partial charge < -0.3 is 10.2 Å². The molecule has 4 N–H and O–H groups in total. The normalized spacial score (nSPS) is 7.11. The van der Waals surface area contributed by atoms with Crippen molar-refractivity contribution in [1.29, 1.82) is 10.8 Å². The second kappa shape index (κ2) is 10.4. The van der Waals surface area contributed by atoms with E-state index < -0.39 is 11.9 Å². The van der Waals surface area contributed by atoms with Crippen molar-refractivity contribution >= 4 is 24.1 Å².